The van der Waals surface area contributed by atoms with Crippen LogP contribution in [-0.2, 0) is 31.0 Å². The number of ether oxygens (including phenoxy) is 3. The van der Waals surface area contributed by atoms with Gasteiger partial charge in [0.1, 0.15) is 23.2 Å². The molecule has 3 heterocycles. The van der Waals surface area contributed by atoms with Gasteiger partial charge in [-0.25, -0.2) is 22.9 Å². The highest BCUT2D eigenvalue weighted by Crippen LogP contribution is 2.32. The first-order valence-corrected chi connectivity index (χ1v) is 17.8. The Kier molecular flexibility index (Phi) is 11.9. The van der Waals surface area contributed by atoms with Crippen molar-refractivity contribution in [2.45, 2.75) is 58.4 Å². The standard InChI is InChI=1S/C32H42F3N7O7S/c1-32(2,3)49-31(44)36-9-12-47-14-15-48-13-11-42-28-21(18-38-30(39-28)37-17-20-4-5-20)16-23(29(42)43)26-24(34)6-7-25(27(26)35)40-50(45,46)41-10-8-22(33)19-41/h6-7,16,18,20,22,40H,4-5,8-15,17,19H2,1-3H3,(H,36,44)(H,37,38,39)/t22-/m1/s1. The summed E-state index contributed by atoms with van der Waals surface area (Å²) in [5.74, 6) is -1.62. The molecule has 2 fully saturated rings. The van der Waals surface area contributed by atoms with E-state index in [9.17, 15) is 22.4 Å². The summed E-state index contributed by atoms with van der Waals surface area (Å²) in [6, 6.07) is 3.01. The lowest BCUT2D eigenvalue weighted by Gasteiger charge is -2.19. The molecule has 0 spiro atoms. The number of anilines is 2. The van der Waals surface area contributed by atoms with Crippen LogP contribution >= 0.6 is 0 Å². The van der Waals surface area contributed by atoms with Crippen LogP contribution < -0.4 is 20.9 Å². The number of alkyl halides is 1. The Labute approximate surface area is 287 Å². The minimum absolute atomic E-state index is 0.00134. The maximum Gasteiger partial charge on any atom is 0.407 e. The zero-order valence-electron chi connectivity index (χ0n) is 28.1. The Morgan fingerprint density at radius 1 is 1.08 bits per heavy atom. The van der Waals surface area contributed by atoms with Crippen LogP contribution in [0.25, 0.3) is 22.2 Å². The van der Waals surface area contributed by atoms with Gasteiger partial charge in [-0.2, -0.15) is 17.7 Å². The quantitative estimate of drug-likeness (QED) is 0.185. The first-order chi connectivity index (χ1) is 23.7. The van der Waals surface area contributed by atoms with Crippen LogP contribution in [-0.4, -0.2) is 97.7 Å². The maximum atomic E-state index is 15.9. The number of carbonyl (C=O) groups is 1. The molecule has 5 rings (SSSR count). The maximum absolute atomic E-state index is 15.9. The minimum Gasteiger partial charge on any atom is -0.444 e. The molecule has 1 aromatic carbocycles. The molecule has 1 amide bonds. The predicted molar refractivity (Wildman–Crippen MR) is 180 cm³/mol. The molecule has 50 heavy (non-hydrogen) atoms. The van der Waals surface area contributed by atoms with Gasteiger partial charge in [0.15, 0.2) is 5.82 Å². The van der Waals surface area contributed by atoms with Crippen molar-refractivity contribution in [1.29, 1.82) is 0 Å². The van der Waals surface area contributed by atoms with E-state index in [0.717, 1.165) is 29.3 Å². The summed E-state index contributed by atoms with van der Waals surface area (Å²) in [6.45, 7) is 6.16. The number of benzene rings is 1. The number of nitrogens with one attached hydrogen (secondary N) is 3. The van der Waals surface area contributed by atoms with E-state index in [-0.39, 0.29) is 69.6 Å². The Bertz CT molecular complexity index is 1850. The number of nitrogens with zero attached hydrogens (tertiary/aromatic N) is 4. The van der Waals surface area contributed by atoms with Crippen LogP contribution in [0.4, 0.5) is 29.6 Å². The van der Waals surface area contributed by atoms with Gasteiger partial charge in [-0.15, -0.1) is 0 Å². The number of hydrogen-bond acceptors (Lipinski definition) is 10. The summed E-state index contributed by atoms with van der Waals surface area (Å²) in [5.41, 5.74) is -2.95. The van der Waals surface area contributed by atoms with Crippen molar-refractivity contribution in [2.24, 2.45) is 5.92 Å². The second-order valence-corrected chi connectivity index (χ2v) is 14.8. The molecule has 3 N–H and O–H groups in total. The lowest BCUT2D eigenvalue weighted by Crippen LogP contribution is -2.34. The molecule has 0 unspecified atom stereocenters. The number of aromatic nitrogens is 3. The predicted octanol–water partition coefficient (Wildman–Crippen LogP) is 3.82. The van der Waals surface area contributed by atoms with E-state index in [0.29, 0.717) is 17.8 Å². The summed E-state index contributed by atoms with van der Waals surface area (Å²) in [5, 5.41) is 6.03. The SMILES string of the molecule is CC(C)(C)OC(=O)NCCOCCOCCn1c(=O)c(-c2c(F)ccc(NS(=O)(=O)N3CC[C@@H](F)C3)c2F)cc2cnc(NCC3CC3)nc21. The number of carbonyl (C=O) groups excluding carboxylic acids is 1. The van der Waals surface area contributed by atoms with Gasteiger partial charge in [-0.3, -0.25) is 14.1 Å². The van der Waals surface area contributed by atoms with Crippen LogP contribution in [0.5, 0.6) is 0 Å². The van der Waals surface area contributed by atoms with Gasteiger partial charge < -0.3 is 24.8 Å². The smallest absolute Gasteiger partial charge is 0.407 e. The van der Waals surface area contributed by atoms with Crippen LogP contribution in [0.2, 0.25) is 0 Å². The Morgan fingerprint density at radius 2 is 1.82 bits per heavy atom. The molecule has 0 bridgehead atoms. The summed E-state index contributed by atoms with van der Waals surface area (Å²) >= 11 is 0. The van der Waals surface area contributed by atoms with E-state index in [1.54, 1.807) is 20.8 Å². The molecule has 0 radical (unpaired) electrons. The molecule has 14 nitrogen and oxygen atoms in total. The number of amides is 1. The van der Waals surface area contributed by atoms with Gasteiger partial charge in [0.05, 0.1) is 49.8 Å². The average molecular weight is 726 g/mol. The van der Waals surface area contributed by atoms with Crippen LogP contribution in [0, 0.1) is 17.6 Å². The zero-order valence-corrected chi connectivity index (χ0v) is 29.0. The lowest BCUT2D eigenvalue weighted by molar-refractivity contribution is 0.0383. The second-order valence-electron chi connectivity index (χ2n) is 13.1. The molecule has 1 aliphatic heterocycles. The molecule has 3 aromatic rings. The summed E-state index contributed by atoms with van der Waals surface area (Å²) in [7, 11) is -4.36. The minimum atomic E-state index is -4.36. The van der Waals surface area contributed by atoms with E-state index >= 15 is 8.78 Å². The zero-order chi connectivity index (χ0) is 36.1. The average Bonchev–Trinajstić information content (AvgIpc) is 3.77. The van der Waals surface area contributed by atoms with Crippen molar-refractivity contribution >= 4 is 39.0 Å². The summed E-state index contributed by atoms with van der Waals surface area (Å²) in [4.78, 5) is 34.5. The van der Waals surface area contributed by atoms with Gasteiger partial charge in [0.2, 0.25) is 5.95 Å². The monoisotopic (exact) mass is 725 g/mol. The van der Waals surface area contributed by atoms with Crippen molar-refractivity contribution in [3.8, 4) is 11.1 Å². The van der Waals surface area contributed by atoms with E-state index in [1.165, 1.54) is 16.8 Å². The van der Waals surface area contributed by atoms with E-state index in [2.05, 4.69) is 25.3 Å². The van der Waals surface area contributed by atoms with E-state index in [1.807, 2.05) is 0 Å². The molecule has 18 heteroatoms. The van der Waals surface area contributed by atoms with Gasteiger partial charge in [-0.05, 0) is 64.2 Å². The third-order valence-electron chi connectivity index (χ3n) is 7.85. The van der Waals surface area contributed by atoms with Gasteiger partial charge in [0, 0.05) is 37.8 Å². The molecular weight excluding hydrogens is 683 g/mol. The second kappa shape index (κ2) is 15.9. The fraction of sp³-hybridized carbons (Fsp3) is 0.562. The van der Waals surface area contributed by atoms with E-state index < -0.39 is 63.1 Å². The van der Waals surface area contributed by atoms with Gasteiger partial charge in [-0.1, -0.05) is 0 Å². The molecule has 2 aliphatic rings. The molecule has 1 aliphatic carbocycles. The number of alkyl carbamates (subject to hydrolysis) is 1. The highest BCUT2D eigenvalue weighted by atomic mass is 32.2. The number of rotatable bonds is 16. The van der Waals surface area contributed by atoms with Crippen molar-refractivity contribution in [1.82, 2.24) is 24.2 Å². The van der Waals surface area contributed by atoms with Gasteiger partial charge >= 0.3 is 16.3 Å². The Hall–Kier alpha value is -4.00. The highest BCUT2D eigenvalue weighted by Gasteiger charge is 2.33. The topological polar surface area (TPSA) is 166 Å². The summed E-state index contributed by atoms with van der Waals surface area (Å²) < 4.78 is 91.0. The molecule has 274 valence electrons. The number of hydrogen-bond donors (Lipinski definition) is 3. The van der Waals surface area contributed by atoms with Crippen LogP contribution in [0.1, 0.15) is 40.0 Å². The molecule has 1 saturated heterocycles. The largest absolute Gasteiger partial charge is 0.444 e. The van der Waals surface area contributed by atoms with Crippen molar-refractivity contribution in [2.75, 3.05) is 62.6 Å². The van der Waals surface area contributed by atoms with Crippen LogP contribution in [0.15, 0.2) is 29.2 Å². The normalized spacial score (nSPS) is 16.9. The first kappa shape index (κ1) is 37.3. The first-order valence-electron chi connectivity index (χ1n) is 16.4. The number of pyridine rings is 1. The number of halogens is 3. The molecule has 1 saturated carbocycles. The summed E-state index contributed by atoms with van der Waals surface area (Å²) in [6.07, 6.45) is 1.71. The highest BCUT2D eigenvalue weighted by molar-refractivity contribution is 7.90. The van der Waals surface area contributed by atoms with Crippen LogP contribution in [0.3, 0.4) is 0 Å². The molecular formula is C32H42F3N7O7S. The fourth-order valence-corrected chi connectivity index (χ4v) is 6.46. The number of fused-ring (bicyclic) bond motifs is 1. The third kappa shape index (κ3) is 9.82. The van der Waals surface area contributed by atoms with Gasteiger partial charge in [0.25, 0.3) is 5.56 Å². The van der Waals surface area contributed by atoms with E-state index in [4.69, 9.17) is 14.2 Å². The van der Waals surface area contributed by atoms with Crippen molar-refractivity contribution in [3.63, 3.8) is 0 Å². The molecule has 2 aromatic heterocycles. The Morgan fingerprint density at radius 3 is 2.50 bits per heavy atom. The molecule has 1 atom stereocenters. The van der Waals surface area contributed by atoms with Crippen molar-refractivity contribution in [3.05, 3.63) is 46.4 Å². The van der Waals surface area contributed by atoms with Crippen molar-refractivity contribution < 1.29 is 40.6 Å². The third-order valence-corrected chi connectivity index (χ3v) is 9.34. The lowest BCUT2D eigenvalue weighted by atomic mass is 10.0. The Balaban J connectivity index is 1.32. The fourth-order valence-electron chi connectivity index (χ4n) is 5.19.